The number of aromatic nitrogens is 2. The number of hydrogen-bond acceptors (Lipinski definition) is 5. The van der Waals surface area contributed by atoms with E-state index in [1.54, 1.807) is 24.3 Å². The molecule has 0 aliphatic carbocycles. The number of carbonyl (C=O) groups is 1. The normalized spacial score (nSPS) is 11.4. The number of carboxylic acid groups (broad SMARTS) is 1. The van der Waals surface area contributed by atoms with Gasteiger partial charge in [0.25, 0.3) is 5.56 Å². The Morgan fingerprint density at radius 1 is 1.15 bits per heavy atom. The van der Waals surface area contributed by atoms with Crippen molar-refractivity contribution in [2.24, 2.45) is 0 Å². The van der Waals surface area contributed by atoms with Gasteiger partial charge in [0.2, 0.25) is 0 Å². The number of rotatable bonds is 5. The minimum Gasteiger partial charge on any atom is -0.497 e. The summed E-state index contributed by atoms with van der Waals surface area (Å²) in [5.74, 6) is 0.177. The lowest BCUT2D eigenvalue weighted by molar-refractivity contribution is 0.0697. The molecule has 8 heteroatoms. The van der Waals surface area contributed by atoms with E-state index >= 15 is 0 Å². The van der Waals surface area contributed by atoms with Gasteiger partial charge in [-0.25, -0.2) is 9.78 Å². The SMILES string of the molecule is COc1cc(/C=C(\Cl)c2nc3cc(C(=O)O)ccc3c(=O)[nH]2)cc(OC)c1. The minimum absolute atomic E-state index is 0.0317. The Kier molecular flexibility index (Phi) is 5.14. The number of hydrogen-bond donors (Lipinski definition) is 2. The molecule has 0 amide bonds. The Labute approximate surface area is 158 Å². The maximum atomic E-state index is 12.3. The Morgan fingerprint density at radius 3 is 2.41 bits per heavy atom. The summed E-state index contributed by atoms with van der Waals surface area (Å²) in [6, 6.07) is 9.29. The van der Waals surface area contributed by atoms with Crippen molar-refractivity contribution in [1.82, 2.24) is 9.97 Å². The molecule has 1 heterocycles. The fourth-order valence-electron chi connectivity index (χ4n) is 2.51. The van der Waals surface area contributed by atoms with Gasteiger partial charge < -0.3 is 19.6 Å². The zero-order chi connectivity index (χ0) is 19.6. The van der Waals surface area contributed by atoms with Crippen LogP contribution in [0.3, 0.4) is 0 Å². The molecule has 7 nitrogen and oxygen atoms in total. The number of aromatic carboxylic acids is 1. The molecule has 0 fully saturated rings. The van der Waals surface area contributed by atoms with Crippen LogP contribution < -0.4 is 15.0 Å². The highest BCUT2D eigenvalue weighted by Crippen LogP contribution is 2.27. The van der Waals surface area contributed by atoms with E-state index in [2.05, 4.69) is 9.97 Å². The molecule has 2 aromatic carbocycles. The van der Waals surface area contributed by atoms with Gasteiger partial charge in [-0.05, 0) is 42.0 Å². The average Bonchev–Trinajstić information content (AvgIpc) is 2.66. The molecule has 0 saturated heterocycles. The standard InChI is InChI=1S/C19H15ClN2O5/c1-26-12-5-10(6-13(9-12)27-2)7-15(20)17-21-16-8-11(19(24)25)3-4-14(16)18(23)22-17/h3-9H,1-2H3,(H,24,25)(H,21,22,23)/b15-7-. The number of ether oxygens (including phenoxy) is 2. The minimum atomic E-state index is -1.11. The number of aromatic amines is 1. The van der Waals surface area contributed by atoms with Crippen molar-refractivity contribution in [3.05, 3.63) is 63.7 Å². The Hall–Kier alpha value is -3.32. The summed E-state index contributed by atoms with van der Waals surface area (Å²) < 4.78 is 10.4. The Balaban J connectivity index is 2.09. The Morgan fingerprint density at radius 2 is 1.81 bits per heavy atom. The van der Waals surface area contributed by atoms with E-state index in [4.69, 9.17) is 26.2 Å². The van der Waals surface area contributed by atoms with E-state index < -0.39 is 11.5 Å². The molecule has 138 valence electrons. The molecule has 0 spiro atoms. The third-order valence-corrected chi connectivity index (χ3v) is 4.13. The maximum absolute atomic E-state index is 12.3. The van der Waals surface area contributed by atoms with Crippen LogP contribution >= 0.6 is 11.6 Å². The third-order valence-electron chi connectivity index (χ3n) is 3.85. The van der Waals surface area contributed by atoms with Gasteiger partial charge in [0.05, 0.1) is 35.7 Å². The summed E-state index contributed by atoms with van der Waals surface area (Å²) in [4.78, 5) is 30.3. The maximum Gasteiger partial charge on any atom is 0.335 e. The lowest BCUT2D eigenvalue weighted by Gasteiger charge is -2.07. The van der Waals surface area contributed by atoms with Gasteiger partial charge in [-0.2, -0.15) is 0 Å². The van der Waals surface area contributed by atoms with E-state index in [1.165, 1.54) is 32.4 Å². The highest BCUT2D eigenvalue weighted by atomic mass is 35.5. The monoisotopic (exact) mass is 386 g/mol. The number of nitrogens with zero attached hydrogens (tertiary/aromatic N) is 1. The second-order valence-electron chi connectivity index (χ2n) is 5.59. The van der Waals surface area contributed by atoms with Crippen molar-refractivity contribution in [3.8, 4) is 11.5 Å². The smallest absolute Gasteiger partial charge is 0.335 e. The molecule has 3 aromatic rings. The zero-order valence-electron chi connectivity index (χ0n) is 14.4. The molecule has 0 aliphatic rings. The molecule has 0 saturated carbocycles. The van der Waals surface area contributed by atoms with Crippen LogP contribution in [-0.2, 0) is 0 Å². The quantitative estimate of drug-likeness (QED) is 0.697. The number of halogens is 1. The van der Waals surface area contributed by atoms with Crippen molar-refractivity contribution in [2.75, 3.05) is 14.2 Å². The largest absolute Gasteiger partial charge is 0.497 e. The predicted molar refractivity (Wildman–Crippen MR) is 103 cm³/mol. The topological polar surface area (TPSA) is 102 Å². The Bertz CT molecular complexity index is 1100. The summed E-state index contributed by atoms with van der Waals surface area (Å²) >= 11 is 6.34. The zero-order valence-corrected chi connectivity index (χ0v) is 15.2. The first-order valence-electron chi connectivity index (χ1n) is 7.79. The highest BCUT2D eigenvalue weighted by Gasteiger charge is 2.11. The van der Waals surface area contributed by atoms with Crippen molar-refractivity contribution in [3.63, 3.8) is 0 Å². The predicted octanol–water partition coefficient (Wildman–Crippen LogP) is 3.38. The summed E-state index contributed by atoms with van der Waals surface area (Å²) in [5, 5.41) is 9.56. The number of benzene rings is 2. The molecule has 0 aliphatic heterocycles. The van der Waals surface area contributed by atoms with E-state index in [-0.39, 0.29) is 27.3 Å². The number of nitrogens with one attached hydrogen (secondary N) is 1. The molecular weight excluding hydrogens is 372 g/mol. The molecule has 0 unspecified atom stereocenters. The fourth-order valence-corrected chi connectivity index (χ4v) is 2.73. The van der Waals surface area contributed by atoms with Gasteiger partial charge in [-0.1, -0.05) is 11.6 Å². The number of carboxylic acids is 1. The lowest BCUT2D eigenvalue weighted by atomic mass is 10.1. The molecule has 27 heavy (non-hydrogen) atoms. The highest BCUT2D eigenvalue weighted by molar-refractivity contribution is 6.50. The molecule has 0 radical (unpaired) electrons. The van der Waals surface area contributed by atoms with Crippen LogP contribution in [0.25, 0.3) is 22.0 Å². The fraction of sp³-hybridized carbons (Fsp3) is 0.105. The van der Waals surface area contributed by atoms with Gasteiger partial charge in [0.15, 0.2) is 5.82 Å². The molecule has 3 rings (SSSR count). The van der Waals surface area contributed by atoms with Crippen LogP contribution in [0.2, 0.25) is 0 Å². The van der Waals surface area contributed by atoms with E-state index in [0.717, 1.165) is 0 Å². The van der Waals surface area contributed by atoms with Crippen LogP contribution in [0, 0.1) is 0 Å². The van der Waals surface area contributed by atoms with Gasteiger partial charge in [0.1, 0.15) is 11.5 Å². The summed E-state index contributed by atoms with van der Waals surface area (Å²) in [7, 11) is 3.07. The summed E-state index contributed by atoms with van der Waals surface area (Å²) in [6.07, 6.45) is 1.59. The summed E-state index contributed by atoms with van der Waals surface area (Å²) in [6.45, 7) is 0. The second kappa shape index (κ2) is 7.51. The van der Waals surface area contributed by atoms with Gasteiger partial charge in [0, 0.05) is 6.07 Å². The van der Waals surface area contributed by atoms with E-state index in [0.29, 0.717) is 17.1 Å². The van der Waals surface area contributed by atoms with Gasteiger partial charge >= 0.3 is 5.97 Å². The first-order valence-corrected chi connectivity index (χ1v) is 8.17. The van der Waals surface area contributed by atoms with E-state index in [1.807, 2.05) is 0 Å². The number of methoxy groups -OCH3 is 2. The van der Waals surface area contributed by atoms with Crippen molar-refractivity contribution < 1.29 is 19.4 Å². The number of H-pyrrole nitrogens is 1. The van der Waals surface area contributed by atoms with Crippen LogP contribution in [0.4, 0.5) is 0 Å². The van der Waals surface area contributed by atoms with Gasteiger partial charge in [-0.15, -0.1) is 0 Å². The molecule has 1 aromatic heterocycles. The molecular formula is C19H15ClN2O5. The summed E-state index contributed by atoms with van der Waals surface area (Å²) in [5.41, 5.74) is 0.535. The van der Waals surface area contributed by atoms with Gasteiger partial charge in [-0.3, -0.25) is 4.79 Å². The molecule has 0 atom stereocenters. The van der Waals surface area contributed by atoms with Crippen molar-refractivity contribution >= 4 is 39.6 Å². The van der Waals surface area contributed by atoms with Crippen LogP contribution in [0.15, 0.2) is 41.2 Å². The van der Waals surface area contributed by atoms with Crippen LogP contribution in [-0.4, -0.2) is 35.3 Å². The van der Waals surface area contributed by atoms with Crippen molar-refractivity contribution in [1.29, 1.82) is 0 Å². The van der Waals surface area contributed by atoms with Crippen molar-refractivity contribution in [2.45, 2.75) is 0 Å². The number of fused-ring (bicyclic) bond motifs is 1. The average molecular weight is 387 g/mol. The van der Waals surface area contributed by atoms with Crippen LogP contribution in [0.5, 0.6) is 11.5 Å². The lowest BCUT2D eigenvalue weighted by Crippen LogP contribution is -2.11. The van der Waals surface area contributed by atoms with Crippen LogP contribution in [0.1, 0.15) is 21.7 Å². The first-order chi connectivity index (χ1) is 12.9. The van der Waals surface area contributed by atoms with E-state index in [9.17, 15) is 9.59 Å². The molecule has 2 N–H and O–H groups in total. The first kappa shape index (κ1) is 18.5. The second-order valence-corrected chi connectivity index (χ2v) is 6.00. The molecule has 0 bridgehead atoms. The third kappa shape index (κ3) is 3.93.